The van der Waals surface area contributed by atoms with E-state index in [0.717, 1.165) is 26.9 Å². The van der Waals surface area contributed by atoms with Gasteiger partial charge in [-0.15, -0.1) is 11.3 Å². The van der Waals surface area contributed by atoms with Crippen LogP contribution in [0.3, 0.4) is 0 Å². The highest BCUT2D eigenvalue weighted by Gasteiger charge is 2.21. The van der Waals surface area contributed by atoms with Gasteiger partial charge in [0.15, 0.2) is 5.65 Å². The third kappa shape index (κ3) is 2.83. The number of halogens is 1. The van der Waals surface area contributed by atoms with Crippen LogP contribution in [0.15, 0.2) is 8.81 Å². The highest BCUT2D eigenvalue weighted by atomic mass is 79.9. The smallest absolute Gasteiger partial charge is 0.211 e. The molecular weight excluding hydrogens is 348 g/mol. The molecule has 0 amide bonds. The van der Waals surface area contributed by atoms with Gasteiger partial charge in [0, 0.05) is 4.47 Å². The number of fused-ring (bicyclic) bond motifs is 1. The molecule has 2 aromatic rings. The van der Waals surface area contributed by atoms with Crippen molar-refractivity contribution in [1.29, 1.82) is 0 Å². The van der Waals surface area contributed by atoms with Crippen LogP contribution in [0, 0.1) is 13.8 Å². The molecule has 0 aliphatic heterocycles. The minimum Gasteiger partial charge on any atom is -0.231 e. The summed E-state index contributed by atoms with van der Waals surface area (Å²) in [4.78, 5) is 8.54. The first-order chi connectivity index (χ1) is 8.86. The third-order valence-corrected chi connectivity index (χ3v) is 7.47. The summed E-state index contributed by atoms with van der Waals surface area (Å²) >= 11 is 4.68. The Balaban J connectivity index is 2.57. The van der Waals surface area contributed by atoms with Gasteiger partial charge in [0.2, 0.25) is 14.2 Å². The molecule has 0 atom stereocenters. The maximum atomic E-state index is 12.2. The van der Waals surface area contributed by atoms with Crippen LogP contribution in [0.1, 0.15) is 31.0 Å². The fourth-order valence-electron chi connectivity index (χ4n) is 1.75. The molecule has 2 rings (SSSR count). The molecule has 4 nitrogen and oxygen atoms in total. The number of hydrogen-bond acceptors (Lipinski definition) is 5. The van der Waals surface area contributed by atoms with Gasteiger partial charge in [-0.05, 0) is 41.8 Å². The molecule has 0 bridgehead atoms. The van der Waals surface area contributed by atoms with E-state index in [1.54, 1.807) is 0 Å². The number of pyridine rings is 1. The number of unbranched alkanes of at least 4 members (excludes halogenated alkanes) is 1. The first-order valence-electron chi connectivity index (χ1n) is 6.02. The summed E-state index contributed by atoms with van der Waals surface area (Å²) in [6.07, 6.45) is 1.51. The van der Waals surface area contributed by atoms with E-state index in [9.17, 15) is 8.42 Å². The largest absolute Gasteiger partial charge is 0.231 e. The average Bonchev–Trinajstić information content (AvgIpc) is 2.78. The molecule has 19 heavy (non-hydrogen) atoms. The van der Waals surface area contributed by atoms with E-state index in [1.165, 1.54) is 11.3 Å². The number of hydrogen-bond donors (Lipinski definition) is 0. The lowest BCUT2D eigenvalue weighted by molar-refractivity contribution is 0.592. The Morgan fingerprint density at radius 2 is 1.95 bits per heavy atom. The van der Waals surface area contributed by atoms with Crippen LogP contribution in [0.25, 0.3) is 10.3 Å². The highest BCUT2D eigenvalue weighted by molar-refractivity contribution is 9.10. The van der Waals surface area contributed by atoms with Gasteiger partial charge in [-0.25, -0.2) is 18.4 Å². The van der Waals surface area contributed by atoms with Crippen LogP contribution in [-0.4, -0.2) is 24.1 Å². The maximum absolute atomic E-state index is 12.2. The summed E-state index contributed by atoms with van der Waals surface area (Å²) in [5, 5.41) is 0. The molecule has 0 fully saturated rings. The molecule has 0 saturated heterocycles. The predicted octanol–water partition coefficient (Wildman–Crippen LogP) is 3.64. The number of nitrogens with zero attached hydrogens (tertiary/aromatic N) is 2. The fourth-order valence-corrected chi connectivity index (χ4v) is 4.99. The molecule has 2 heterocycles. The minimum atomic E-state index is -3.27. The van der Waals surface area contributed by atoms with E-state index >= 15 is 0 Å². The highest BCUT2D eigenvalue weighted by Crippen LogP contribution is 2.33. The lowest BCUT2D eigenvalue weighted by Crippen LogP contribution is -2.05. The van der Waals surface area contributed by atoms with Gasteiger partial charge < -0.3 is 0 Å². The Morgan fingerprint density at radius 3 is 2.58 bits per heavy atom. The molecule has 0 unspecified atom stereocenters. The van der Waals surface area contributed by atoms with Gasteiger partial charge in [0.05, 0.1) is 16.1 Å². The minimum absolute atomic E-state index is 0.155. The third-order valence-electron chi connectivity index (χ3n) is 2.88. The van der Waals surface area contributed by atoms with Crippen molar-refractivity contribution in [2.45, 2.75) is 38.0 Å². The second-order valence-electron chi connectivity index (χ2n) is 4.44. The van der Waals surface area contributed by atoms with Gasteiger partial charge in [-0.2, -0.15) is 0 Å². The molecule has 0 aliphatic carbocycles. The predicted molar refractivity (Wildman–Crippen MR) is 81.5 cm³/mol. The molecule has 104 valence electrons. The van der Waals surface area contributed by atoms with Crippen LogP contribution < -0.4 is 0 Å². The van der Waals surface area contributed by atoms with Crippen molar-refractivity contribution >= 4 is 47.5 Å². The molecule has 0 spiro atoms. The van der Waals surface area contributed by atoms with Crippen LogP contribution in [0.2, 0.25) is 0 Å². The standard InChI is InChI=1S/C12H15BrN2O2S2/c1-4-5-6-19(16,17)12-15-11-10(18-12)7(2)9(13)8(3)14-11/h4-6H2,1-3H3. The van der Waals surface area contributed by atoms with Crippen molar-refractivity contribution in [3.8, 4) is 0 Å². The van der Waals surface area contributed by atoms with Crippen LogP contribution >= 0.6 is 27.3 Å². The molecule has 0 aliphatic rings. The van der Waals surface area contributed by atoms with Crippen LogP contribution in [0.4, 0.5) is 0 Å². The fraction of sp³-hybridized carbons (Fsp3) is 0.500. The SMILES string of the molecule is CCCCS(=O)(=O)c1nc2nc(C)c(Br)c(C)c2s1. The van der Waals surface area contributed by atoms with E-state index in [-0.39, 0.29) is 10.1 Å². The number of aryl methyl sites for hydroxylation is 2. The van der Waals surface area contributed by atoms with Crippen molar-refractivity contribution in [3.05, 3.63) is 15.7 Å². The molecule has 0 saturated carbocycles. The van der Waals surface area contributed by atoms with Crippen molar-refractivity contribution in [1.82, 2.24) is 9.97 Å². The molecule has 2 aromatic heterocycles. The Kier molecular flexibility index (Phi) is 4.27. The Morgan fingerprint density at radius 1 is 1.26 bits per heavy atom. The van der Waals surface area contributed by atoms with Gasteiger partial charge in [-0.3, -0.25) is 0 Å². The van der Waals surface area contributed by atoms with E-state index in [2.05, 4.69) is 25.9 Å². The summed E-state index contributed by atoms with van der Waals surface area (Å²) < 4.78 is 26.2. The lowest BCUT2D eigenvalue weighted by atomic mass is 10.2. The summed E-state index contributed by atoms with van der Waals surface area (Å²) in [6, 6.07) is 0. The van der Waals surface area contributed by atoms with Gasteiger partial charge in [0.25, 0.3) is 0 Å². The average molecular weight is 363 g/mol. The quantitative estimate of drug-likeness (QED) is 0.832. The molecule has 0 N–H and O–H groups in total. The Bertz CT molecular complexity index is 723. The van der Waals surface area contributed by atoms with Crippen LogP contribution in [-0.2, 0) is 9.84 Å². The van der Waals surface area contributed by atoms with Crippen LogP contribution in [0.5, 0.6) is 0 Å². The number of thiazole rings is 1. The zero-order chi connectivity index (χ0) is 14.2. The maximum Gasteiger partial charge on any atom is 0.211 e. The summed E-state index contributed by atoms with van der Waals surface area (Å²) in [5.74, 6) is 0.155. The number of sulfone groups is 1. The molecular formula is C12H15BrN2O2S2. The van der Waals surface area contributed by atoms with Crippen molar-refractivity contribution in [3.63, 3.8) is 0 Å². The van der Waals surface area contributed by atoms with Crippen molar-refractivity contribution in [2.75, 3.05) is 5.75 Å². The monoisotopic (exact) mass is 362 g/mol. The second-order valence-corrected chi connectivity index (χ2v) is 8.52. The van der Waals surface area contributed by atoms with E-state index < -0.39 is 9.84 Å². The van der Waals surface area contributed by atoms with Crippen molar-refractivity contribution < 1.29 is 8.42 Å². The lowest BCUT2D eigenvalue weighted by Gasteiger charge is -2.01. The summed E-state index contributed by atoms with van der Waals surface area (Å²) in [6.45, 7) is 5.79. The number of rotatable bonds is 4. The summed E-state index contributed by atoms with van der Waals surface area (Å²) in [7, 11) is -3.27. The molecule has 0 radical (unpaired) electrons. The molecule has 7 heteroatoms. The normalized spacial score (nSPS) is 12.2. The first-order valence-corrected chi connectivity index (χ1v) is 9.29. The van der Waals surface area contributed by atoms with E-state index in [1.807, 2.05) is 20.8 Å². The van der Waals surface area contributed by atoms with Gasteiger partial charge in [0.1, 0.15) is 0 Å². The van der Waals surface area contributed by atoms with E-state index in [0.29, 0.717) is 12.1 Å². The van der Waals surface area contributed by atoms with Gasteiger partial charge >= 0.3 is 0 Å². The Labute approximate surface area is 125 Å². The Hall–Kier alpha value is -0.530. The number of aromatic nitrogens is 2. The van der Waals surface area contributed by atoms with E-state index in [4.69, 9.17) is 0 Å². The zero-order valence-corrected chi connectivity index (χ0v) is 14.2. The van der Waals surface area contributed by atoms with Crippen molar-refractivity contribution in [2.24, 2.45) is 0 Å². The topological polar surface area (TPSA) is 59.9 Å². The van der Waals surface area contributed by atoms with Gasteiger partial charge in [-0.1, -0.05) is 13.3 Å². The second kappa shape index (κ2) is 5.46. The molecule has 0 aromatic carbocycles. The summed E-state index contributed by atoms with van der Waals surface area (Å²) in [5.41, 5.74) is 2.35. The first kappa shape index (κ1) is 14.9. The zero-order valence-electron chi connectivity index (χ0n) is 11.0.